The number of aromatic nitrogens is 4. The minimum absolute atomic E-state index is 0.00437. The summed E-state index contributed by atoms with van der Waals surface area (Å²) in [5.74, 6) is 0.645. The molecule has 0 radical (unpaired) electrons. The van der Waals surface area contributed by atoms with Gasteiger partial charge in [-0.3, -0.25) is 4.57 Å². The molecule has 4 N–H and O–H groups in total. The van der Waals surface area contributed by atoms with E-state index in [2.05, 4.69) is 15.0 Å². The van der Waals surface area contributed by atoms with Crippen LogP contribution >= 0.6 is 0 Å². The Labute approximate surface area is 149 Å². The van der Waals surface area contributed by atoms with Crippen molar-refractivity contribution in [3.05, 3.63) is 6.33 Å². The van der Waals surface area contributed by atoms with Gasteiger partial charge in [-0.1, -0.05) is 6.92 Å². The fourth-order valence-electron chi connectivity index (χ4n) is 3.60. The van der Waals surface area contributed by atoms with E-state index in [-0.39, 0.29) is 12.4 Å². The van der Waals surface area contributed by atoms with Gasteiger partial charge in [-0.05, 0) is 19.3 Å². The van der Waals surface area contributed by atoms with E-state index in [1.165, 1.54) is 10.9 Å². The maximum Gasteiger partial charge on any atom is 0.224 e. The number of rotatable bonds is 5. The lowest BCUT2D eigenvalue weighted by molar-refractivity contribution is -0.0628. The molecule has 0 aromatic carbocycles. The van der Waals surface area contributed by atoms with Crippen molar-refractivity contribution in [3.63, 3.8) is 0 Å². The van der Waals surface area contributed by atoms with E-state index < -0.39 is 30.7 Å². The van der Waals surface area contributed by atoms with Crippen LogP contribution in [0.2, 0.25) is 0 Å². The van der Waals surface area contributed by atoms with Gasteiger partial charge in [0.1, 0.15) is 12.2 Å². The highest BCUT2D eigenvalue weighted by molar-refractivity contribution is 5.85. The van der Waals surface area contributed by atoms with Gasteiger partial charge in [0.2, 0.25) is 5.95 Å². The van der Waals surface area contributed by atoms with Gasteiger partial charge in [0.05, 0.1) is 12.9 Å². The molecule has 4 atom stereocenters. The van der Waals surface area contributed by atoms with Gasteiger partial charge in [0.25, 0.3) is 0 Å². The zero-order valence-corrected chi connectivity index (χ0v) is 14.7. The number of ether oxygens (including phenoxy) is 1. The number of nitrogen functional groups attached to an aromatic ring is 1. The lowest BCUT2D eigenvalue weighted by atomic mass is 9.93. The molecule has 1 aliphatic carbocycles. The van der Waals surface area contributed by atoms with Crippen LogP contribution < -0.4 is 10.6 Å². The normalized spacial score (nSPS) is 31.7. The zero-order chi connectivity index (χ0) is 18.6. The molecule has 0 bridgehead atoms. The first-order chi connectivity index (χ1) is 12.4. The number of hydrogen-bond donors (Lipinski definition) is 3. The van der Waals surface area contributed by atoms with Crippen molar-refractivity contribution in [3.8, 4) is 0 Å². The molecule has 1 aliphatic heterocycles. The number of hydrogen-bond acceptors (Lipinski definition) is 8. The predicted molar refractivity (Wildman–Crippen MR) is 92.3 cm³/mol. The molecule has 26 heavy (non-hydrogen) atoms. The summed E-state index contributed by atoms with van der Waals surface area (Å²) in [6, 6.07) is 0.386. The van der Waals surface area contributed by atoms with Gasteiger partial charge in [-0.25, -0.2) is 9.37 Å². The molecule has 0 unspecified atom stereocenters. The van der Waals surface area contributed by atoms with Crippen molar-refractivity contribution < 1.29 is 19.3 Å². The lowest BCUT2D eigenvalue weighted by Crippen LogP contribution is -2.42. The summed E-state index contributed by atoms with van der Waals surface area (Å²) in [4.78, 5) is 14.9. The number of imidazole rings is 1. The Morgan fingerprint density at radius 1 is 1.46 bits per heavy atom. The third kappa shape index (κ3) is 2.43. The van der Waals surface area contributed by atoms with Crippen molar-refractivity contribution in [1.29, 1.82) is 0 Å². The number of fused-ring (bicyclic) bond motifs is 1. The van der Waals surface area contributed by atoms with Gasteiger partial charge in [0, 0.05) is 13.1 Å². The van der Waals surface area contributed by atoms with Crippen LogP contribution in [0.1, 0.15) is 32.4 Å². The van der Waals surface area contributed by atoms with Crippen molar-refractivity contribution in [2.75, 3.05) is 24.3 Å². The number of nitrogens with zero attached hydrogens (tertiary/aromatic N) is 5. The van der Waals surface area contributed by atoms with Crippen LogP contribution in [-0.4, -0.2) is 67.3 Å². The Kier molecular flexibility index (Phi) is 4.01. The third-order valence-corrected chi connectivity index (χ3v) is 5.38. The fraction of sp³-hybridized carbons (Fsp3) is 0.688. The third-order valence-electron chi connectivity index (χ3n) is 5.38. The van der Waals surface area contributed by atoms with Crippen molar-refractivity contribution in [2.24, 2.45) is 0 Å². The molecule has 9 nitrogen and oxygen atoms in total. The van der Waals surface area contributed by atoms with Crippen LogP contribution in [0.3, 0.4) is 0 Å². The summed E-state index contributed by atoms with van der Waals surface area (Å²) in [7, 11) is 1.92. The highest BCUT2D eigenvalue weighted by Gasteiger charge is 2.57. The number of alkyl halides is 1. The molecule has 2 fully saturated rings. The van der Waals surface area contributed by atoms with E-state index in [1.54, 1.807) is 6.92 Å². The van der Waals surface area contributed by atoms with Crippen molar-refractivity contribution in [2.45, 2.75) is 56.3 Å². The number of aliphatic hydroxyl groups excluding tert-OH is 2. The molecule has 2 aromatic rings. The Hall–Kier alpha value is -2.04. The van der Waals surface area contributed by atoms with Crippen molar-refractivity contribution >= 4 is 22.9 Å². The molecule has 1 saturated carbocycles. The quantitative estimate of drug-likeness (QED) is 0.694. The SMILES string of the molecule is CC[C@@]1(F)[C@H](O)[C@@H](CO)O[C@H]1n1cnc2c(N(C)C3CC3)nc(N)nc21. The van der Waals surface area contributed by atoms with E-state index in [0.717, 1.165) is 12.8 Å². The zero-order valence-electron chi connectivity index (χ0n) is 14.7. The average molecular weight is 366 g/mol. The lowest BCUT2D eigenvalue weighted by Gasteiger charge is -2.27. The molecule has 4 rings (SSSR count). The van der Waals surface area contributed by atoms with Crippen molar-refractivity contribution in [1.82, 2.24) is 19.5 Å². The first kappa shape index (κ1) is 17.4. The van der Waals surface area contributed by atoms with Crippen LogP contribution in [0.4, 0.5) is 16.2 Å². The van der Waals surface area contributed by atoms with Gasteiger partial charge in [-0.2, -0.15) is 9.97 Å². The van der Waals surface area contributed by atoms with Gasteiger partial charge in [-0.15, -0.1) is 0 Å². The second-order valence-electron chi connectivity index (χ2n) is 7.01. The van der Waals surface area contributed by atoms with Gasteiger partial charge >= 0.3 is 0 Å². The maximum absolute atomic E-state index is 15.5. The van der Waals surface area contributed by atoms with Crippen LogP contribution in [0, 0.1) is 0 Å². The van der Waals surface area contributed by atoms with E-state index >= 15 is 4.39 Å². The van der Waals surface area contributed by atoms with Crippen LogP contribution in [0.5, 0.6) is 0 Å². The number of halogens is 1. The molecular formula is C16H23FN6O3. The number of aliphatic hydroxyl groups is 2. The number of nitrogens with two attached hydrogens (primary N) is 1. The Morgan fingerprint density at radius 3 is 2.81 bits per heavy atom. The monoisotopic (exact) mass is 366 g/mol. The molecular weight excluding hydrogens is 343 g/mol. The van der Waals surface area contributed by atoms with E-state index in [4.69, 9.17) is 10.5 Å². The second kappa shape index (κ2) is 6.00. The summed E-state index contributed by atoms with van der Waals surface area (Å²) in [6.07, 6.45) is -0.0697. The molecule has 142 valence electrons. The van der Waals surface area contributed by atoms with Gasteiger partial charge in [0.15, 0.2) is 28.9 Å². The standard InChI is InChI=1S/C16H23FN6O3/c1-3-16(17)11(25)9(6-24)26-14(16)23-7-19-10-12(22(2)8-4-5-8)20-15(18)21-13(10)23/h7-9,11,14,24-25H,3-6H2,1-2H3,(H2,18,20,21)/t9-,11-,14-,16-/m1/s1. The first-order valence-electron chi connectivity index (χ1n) is 8.76. The Balaban J connectivity index is 1.82. The van der Waals surface area contributed by atoms with Crippen LogP contribution in [0.15, 0.2) is 6.33 Å². The molecule has 2 aliphatic rings. The molecule has 0 spiro atoms. The number of anilines is 2. The van der Waals surface area contributed by atoms with Crippen LogP contribution in [0.25, 0.3) is 11.2 Å². The summed E-state index contributed by atoms with van der Waals surface area (Å²) < 4.78 is 22.6. The highest BCUT2D eigenvalue weighted by Crippen LogP contribution is 2.45. The smallest absolute Gasteiger partial charge is 0.224 e. The van der Waals surface area contributed by atoms with E-state index in [9.17, 15) is 10.2 Å². The van der Waals surface area contributed by atoms with E-state index in [1.807, 2.05) is 11.9 Å². The summed E-state index contributed by atoms with van der Waals surface area (Å²) in [6.45, 7) is 1.14. The Morgan fingerprint density at radius 2 is 2.19 bits per heavy atom. The fourth-order valence-corrected chi connectivity index (χ4v) is 3.60. The molecule has 3 heterocycles. The van der Waals surface area contributed by atoms with E-state index in [0.29, 0.717) is 23.0 Å². The molecule has 1 saturated heterocycles. The highest BCUT2D eigenvalue weighted by atomic mass is 19.1. The maximum atomic E-state index is 15.5. The largest absolute Gasteiger partial charge is 0.394 e. The summed E-state index contributed by atoms with van der Waals surface area (Å²) in [5, 5.41) is 19.7. The van der Waals surface area contributed by atoms with Crippen LogP contribution in [-0.2, 0) is 4.74 Å². The minimum atomic E-state index is -2.08. The minimum Gasteiger partial charge on any atom is -0.394 e. The predicted octanol–water partition coefficient (Wildman–Crippen LogP) is 0.376. The first-order valence-corrected chi connectivity index (χ1v) is 8.76. The second-order valence-corrected chi connectivity index (χ2v) is 7.01. The Bertz CT molecular complexity index is 828. The van der Waals surface area contributed by atoms with Gasteiger partial charge < -0.3 is 25.6 Å². The summed E-state index contributed by atoms with van der Waals surface area (Å²) in [5.41, 5.74) is 4.63. The molecule has 2 aromatic heterocycles. The topological polar surface area (TPSA) is 123 Å². The average Bonchev–Trinajstić information content (AvgIpc) is 3.36. The summed E-state index contributed by atoms with van der Waals surface area (Å²) >= 11 is 0. The molecule has 10 heteroatoms. The molecule has 0 amide bonds.